The average Bonchev–Trinajstić information content (AvgIpc) is 3.57. The van der Waals surface area contributed by atoms with Crippen LogP contribution in [-0.2, 0) is 16.8 Å². The fourth-order valence-corrected chi connectivity index (χ4v) is 8.42. The van der Waals surface area contributed by atoms with Crippen molar-refractivity contribution >= 4 is 5.91 Å². The van der Waals surface area contributed by atoms with Crippen molar-refractivity contribution in [3.8, 4) is 5.75 Å². The summed E-state index contributed by atoms with van der Waals surface area (Å²) >= 11 is 0. The molecule has 2 N–H and O–H groups in total. The fourth-order valence-electron chi connectivity index (χ4n) is 8.42. The van der Waals surface area contributed by atoms with E-state index >= 15 is 0 Å². The molecule has 1 amide bonds. The third-order valence-corrected chi connectivity index (χ3v) is 10.9. The molecule has 2 fully saturated rings. The molecule has 5 rings (SSSR count). The highest BCUT2D eigenvalue weighted by Gasteiger charge is 2.49. The highest BCUT2D eigenvalue weighted by molar-refractivity contribution is 5.91. The predicted octanol–water partition coefficient (Wildman–Crippen LogP) is 6.90. The lowest BCUT2D eigenvalue weighted by atomic mass is 9.64. The van der Waals surface area contributed by atoms with Gasteiger partial charge in [-0.1, -0.05) is 79.9 Å². The highest BCUT2D eigenvalue weighted by atomic mass is 16.5. The van der Waals surface area contributed by atoms with Crippen LogP contribution in [-0.4, -0.2) is 83.5 Å². The number of hydrogen-bond donors (Lipinski definition) is 1. The zero-order chi connectivity index (χ0) is 33.8. The van der Waals surface area contributed by atoms with Gasteiger partial charge in [0.05, 0.1) is 6.61 Å². The first-order valence-corrected chi connectivity index (χ1v) is 18.6. The number of amides is 1. The summed E-state index contributed by atoms with van der Waals surface area (Å²) in [7, 11) is 0. The number of ether oxygens (including phenoxy) is 1. The zero-order valence-electron chi connectivity index (χ0n) is 29.7. The van der Waals surface area contributed by atoms with Crippen LogP contribution in [0, 0.1) is 5.92 Å². The fraction of sp³-hybridized carbons (Fsp3) is 0.561. The van der Waals surface area contributed by atoms with Gasteiger partial charge in [-0.05, 0) is 109 Å². The van der Waals surface area contributed by atoms with Gasteiger partial charge in [0.15, 0.2) is 0 Å². The molecular weight excluding hydrogens is 594 g/mol. The Bertz CT molecular complexity index is 1340. The summed E-state index contributed by atoms with van der Waals surface area (Å²) in [4.78, 5) is 25.6. The van der Waals surface area contributed by atoms with Gasteiger partial charge in [0.2, 0.25) is 5.91 Å². The number of likely N-dealkylation sites (tertiary alicyclic amines) is 2. The standard InChI is InChI=1S/C41H59N5O2/c1-4-48-39-20-24-43-30-34(39)31-45-28-22-38(23-29-45)46(33(2)3)26-15-7-5-6-14-25-44-27-21-37(32-44)41(40(42)47,35-16-10-8-11-17-35)36-18-12-9-13-19-36/h8-13,16-20,24,30,33,37-38H,4-7,14-15,21-23,25-29,31-32H2,1-3H3,(H2,42,47). The molecule has 48 heavy (non-hydrogen) atoms. The monoisotopic (exact) mass is 653 g/mol. The third-order valence-electron chi connectivity index (χ3n) is 10.9. The number of aromatic nitrogens is 1. The molecule has 3 aromatic rings. The Hall–Kier alpha value is -3.26. The summed E-state index contributed by atoms with van der Waals surface area (Å²) in [6.07, 6.45) is 13.5. The van der Waals surface area contributed by atoms with Crippen LogP contribution in [0.5, 0.6) is 5.75 Å². The number of rotatable bonds is 18. The minimum absolute atomic E-state index is 0.163. The summed E-state index contributed by atoms with van der Waals surface area (Å²) in [5, 5.41) is 0. The number of primary amides is 1. The molecule has 0 bridgehead atoms. The Morgan fingerprint density at radius 1 is 0.896 bits per heavy atom. The molecule has 2 aromatic carbocycles. The van der Waals surface area contributed by atoms with Crippen LogP contribution in [0.3, 0.4) is 0 Å². The van der Waals surface area contributed by atoms with Gasteiger partial charge in [0.1, 0.15) is 11.2 Å². The molecule has 0 spiro atoms. The SMILES string of the molecule is CCOc1ccncc1CN1CCC(N(CCCCCCCN2CCC(C(C(N)=O)(c3ccccc3)c3ccccc3)C2)C(C)C)CC1. The molecule has 2 aliphatic heterocycles. The molecule has 0 saturated carbocycles. The molecule has 0 aliphatic carbocycles. The first-order chi connectivity index (χ1) is 23.4. The van der Waals surface area contributed by atoms with Gasteiger partial charge in [-0.3, -0.25) is 19.6 Å². The normalized spacial score (nSPS) is 18.1. The van der Waals surface area contributed by atoms with E-state index in [1.165, 1.54) is 57.1 Å². The van der Waals surface area contributed by atoms with Crippen molar-refractivity contribution in [1.82, 2.24) is 19.7 Å². The number of unbranched alkanes of at least 4 members (excludes halogenated alkanes) is 4. The molecule has 7 nitrogen and oxygen atoms in total. The van der Waals surface area contributed by atoms with Gasteiger partial charge in [-0.25, -0.2) is 0 Å². The summed E-state index contributed by atoms with van der Waals surface area (Å²) < 4.78 is 5.84. The van der Waals surface area contributed by atoms with Crippen molar-refractivity contribution in [1.29, 1.82) is 0 Å². The lowest BCUT2D eigenvalue weighted by molar-refractivity contribution is -0.123. The molecule has 1 unspecified atom stereocenters. The lowest BCUT2D eigenvalue weighted by Gasteiger charge is -2.40. The maximum atomic E-state index is 13.4. The largest absolute Gasteiger partial charge is 0.493 e. The third kappa shape index (κ3) is 8.85. The Morgan fingerprint density at radius 3 is 2.15 bits per heavy atom. The number of benzene rings is 2. The van der Waals surface area contributed by atoms with E-state index in [1.807, 2.05) is 61.8 Å². The van der Waals surface area contributed by atoms with E-state index in [4.69, 9.17) is 10.5 Å². The number of nitrogens with zero attached hydrogens (tertiary/aromatic N) is 4. The predicted molar refractivity (Wildman–Crippen MR) is 196 cm³/mol. The van der Waals surface area contributed by atoms with Crippen LogP contribution >= 0.6 is 0 Å². The van der Waals surface area contributed by atoms with Crippen LogP contribution in [0.15, 0.2) is 79.1 Å². The van der Waals surface area contributed by atoms with Crippen molar-refractivity contribution in [3.63, 3.8) is 0 Å². The van der Waals surface area contributed by atoms with Crippen molar-refractivity contribution in [3.05, 3.63) is 95.8 Å². The van der Waals surface area contributed by atoms with Crippen LogP contribution < -0.4 is 10.5 Å². The molecule has 3 heterocycles. The Labute approximate surface area is 289 Å². The van der Waals surface area contributed by atoms with E-state index < -0.39 is 5.41 Å². The molecule has 7 heteroatoms. The first kappa shape index (κ1) is 36.0. The van der Waals surface area contributed by atoms with Crippen LogP contribution in [0.4, 0.5) is 0 Å². The number of piperidine rings is 1. The second kappa shape index (κ2) is 17.9. The van der Waals surface area contributed by atoms with Gasteiger partial charge in [0, 0.05) is 43.1 Å². The molecular formula is C41H59N5O2. The second-order valence-electron chi connectivity index (χ2n) is 14.2. The van der Waals surface area contributed by atoms with Crippen LogP contribution in [0.1, 0.15) is 88.8 Å². The van der Waals surface area contributed by atoms with Gasteiger partial charge in [-0.15, -0.1) is 0 Å². The Morgan fingerprint density at radius 2 is 1.52 bits per heavy atom. The molecule has 1 aromatic heterocycles. The maximum Gasteiger partial charge on any atom is 0.232 e. The molecule has 0 radical (unpaired) electrons. The second-order valence-corrected chi connectivity index (χ2v) is 14.2. The minimum atomic E-state index is -0.803. The molecule has 260 valence electrons. The molecule has 2 aliphatic rings. The van der Waals surface area contributed by atoms with E-state index in [1.54, 1.807) is 0 Å². The summed E-state index contributed by atoms with van der Waals surface area (Å²) in [6, 6.07) is 23.6. The van der Waals surface area contributed by atoms with E-state index in [9.17, 15) is 4.79 Å². The highest BCUT2D eigenvalue weighted by Crippen LogP contribution is 2.43. The number of hydrogen-bond acceptors (Lipinski definition) is 6. The van der Waals surface area contributed by atoms with Gasteiger partial charge in [0.25, 0.3) is 0 Å². The van der Waals surface area contributed by atoms with Crippen molar-refractivity contribution in [2.24, 2.45) is 11.7 Å². The number of nitrogens with two attached hydrogens (primary N) is 1. The van der Waals surface area contributed by atoms with E-state index in [2.05, 4.69) is 57.8 Å². The van der Waals surface area contributed by atoms with Crippen molar-refractivity contribution < 1.29 is 9.53 Å². The van der Waals surface area contributed by atoms with E-state index in [-0.39, 0.29) is 11.8 Å². The van der Waals surface area contributed by atoms with Gasteiger partial charge in [-0.2, -0.15) is 0 Å². The topological polar surface area (TPSA) is 74.9 Å². The summed E-state index contributed by atoms with van der Waals surface area (Å²) in [6.45, 7) is 14.8. The number of carbonyl (C=O) groups excluding carboxylic acids is 1. The molecule has 2 saturated heterocycles. The van der Waals surface area contributed by atoms with Crippen LogP contribution in [0.25, 0.3) is 0 Å². The maximum absolute atomic E-state index is 13.4. The minimum Gasteiger partial charge on any atom is -0.493 e. The summed E-state index contributed by atoms with van der Waals surface area (Å²) in [5.74, 6) is 0.893. The zero-order valence-corrected chi connectivity index (χ0v) is 29.7. The Balaban J connectivity index is 1.03. The Kier molecular flexibility index (Phi) is 13.5. The number of pyridine rings is 1. The quantitative estimate of drug-likeness (QED) is 0.151. The first-order valence-electron chi connectivity index (χ1n) is 18.6. The average molecular weight is 654 g/mol. The smallest absolute Gasteiger partial charge is 0.232 e. The number of carbonyl (C=O) groups is 1. The van der Waals surface area contributed by atoms with E-state index in [0.29, 0.717) is 18.7 Å². The van der Waals surface area contributed by atoms with Gasteiger partial charge >= 0.3 is 0 Å². The van der Waals surface area contributed by atoms with Crippen molar-refractivity contribution in [2.75, 3.05) is 45.9 Å². The molecule has 1 atom stereocenters. The van der Waals surface area contributed by atoms with E-state index in [0.717, 1.165) is 62.6 Å². The summed E-state index contributed by atoms with van der Waals surface area (Å²) in [5.41, 5.74) is 8.71. The van der Waals surface area contributed by atoms with Crippen molar-refractivity contribution in [2.45, 2.75) is 96.2 Å². The van der Waals surface area contributed by atoms with Gasteiger partial charge < -0.3 is 15.4 Å². The lowest BCUT2D eigenvalue weighted by Crippen LogP contribution is -2.49. The van der Waals surface area contributed by atoms with Crippen LogP contribution in [0.2, 0.25) is 0 Å².